The molecule has 6 nitrogen and oxygen atoms in total. The summed E-state index contributed by atoms with van der Waals surface area (Å²) < 4.78 is 11.2. The van der Waals surface area contributed by atoms with Gasteiger partial charge in [-0.2, -0.15) is 0 Å². The second-order valence-corrected chi connectivity index (χ2v) is 5.42. The third-order valence-electron chi connectivity index (χ3n) is 3.68. The van der Waals surface area contributed by atoms with Crippen LogP contribution in [-0.2, 0) is 11.3 Å². The van der Waals surface area contributed by atoms with Gasteiger partial charge in [0.15, 0.2) is 0 Å². The van der Waals surface area contributed by atoms with Gasteiger partial charge in [0, 0.05) is 18.8 Å². The van der Waals surface area contributed by atoms with Crippen molar-refractivity contribution in [2.75, 3.05) is 13.1 Å². The van der Waals surface area contributed by atoms with Crippen molar-refractivity contribution in [2.24, 2.45) is 0 Å². The molecule has 0 aliphatic carbocycles. The number of hydrogen-bond donors (Lipinski definition) is 0. The van der Waals surface area contributed by atoms with Crippen LogP contribution in [0.4, 0.5) is 4.79 Å². The second kappa shape index (κ2) is 7.58. The van der Waals surface area contributed by atoms with E-state index in [1.807, 2.05) is 30.3 Å². The van der Waals surface area contributed by atoms with Gasteiger partial charge in [-0.05, 0) is 18.4 Å². The van der Waals surface area contributed by atoms with E-state index in [2.05, 4.69) is 9.97 Å². The van der Waals surface area contributed by atoms with Crippen molar-refractivity contribution in [1.29, 1.82) is 0 Å². The smallest absolute Gasteiger partial charge is 0.410 e. The molecule has 1 unspecified atom stereocenters. The number of aromatic nitrogens is 2. The molecule has 1 fully saturated rings. The van der Waals surface area contributed by atoms with Crippen LogP contribution in [0.5, 0.6) is 5.88 Å². The summed E-state index contributed by atoms with van der Waals surface area (Å²) in [5.74, 6) is 0.532. The average Bonchev–Trinajstić information content (AvgIpc) is 2.62. The number of likely N-dealkylation sites (tertiary alicyclic amines) is 1. The van der Waals surface area contributed by atoms with Gasteiger partial charge in [0.05, 0.1) is 6.54 Å². The van der Waals surface area contributed by atoms with Crippen LogP contribution in [0.1, 0.15) is 18.4 Å². The molecule has 0 bridgehead atoms. The van der Waals surface area contributed by atoms with Gasteiger partial charge >= 0.3 is 6.09 Å². The second-order valence-electron chi connectivity index (χ2n) is 5.42. The van der Waals surface area contributed by atoms with Crippen LogP contribution in [0.3, 0.4) is 0 Å². The lowest BCUT2D eigenvalue weighted by molar-refractivity contribution is 0.0536. The van der Waals surface area contributed by atoms with E-state index in [0.717, 1.165) is 18.4 Å². The molecule has 23 heavy (non-hydrogen) atoms. The Balaban J connectivity index is 1.50. The number of piperidine rings is 1. The molecular weight excluding hydrogens is 294 g/mol. The van der Waals surface area contributed by atoms with Crippen molar-refractivity contribution in [3.05, 3.63) is 54.5 Å². The topological polar surface area (TPSA) is 64.5 Å². The lowest BCUT2D eigenvalue weighted by Gasteiger charge is -2.31. The predicted molar refractivity (Wildman–Crippen MR) is 83.9 cm³/mol. The number of ether oxygens (including phenoxy) is 2. The predicted octanol–water partition coefficient (Wildman–Crippen LogP) is 2.66. The molecule has 1 aromatic heterocycles. The molecule has 1 saturated heterocycles. The van der Waals surface area contributed by atoms with Crippen LogP contribution in [0.25, 0.3) is 0 Å². The Morgan fingerprint density at radius 3 is 2.91 bits per heavy atom. The van der Waals surface area contributed by atoms with Crippen LogP contribution >= 0.6 is 0 Å². The maximum atomic E-state index is 12.2. The number of benzene rings is 1. The van der Waals surface area contributed by atoms with E-state index in [9.17, 15) is 4.79 Å². The zero-order valence-electron chi connectivity index (χ0n) is 12.8. The molecule has 2 heterocycles. The number of hydrogen-bond acceptors (Lipinski definition) is 5. The third-order valence-corrected chi connectivity index (χ3v) is 3.68. The molecule has 0 spiro atoms. The minimum absolute atomic E-state index is 0.0667. The first-order valence-corrected chi connectivity index (χ1v) is 7.69. The molecule has 1 aromatic carbocycles. The maximum absolute atomic E-state index is 12.2. The van der Waals surface area contributed by atoms with Gasteiger partial charge in [-0.3, -0.25) is 0 Å². The lowest BCUT2D eigenvalue weighted by atomic mass is 10.1. The fraction of sp³-hybridized carbons (Fsp3) is 0.353. The monoisotopic (exact) mass is 313 g/mol. The molecule has 1 atom stereocenters. The highest BCUT2D eigenvalue weighted by Crippen LogP contribution is 2.17. The minimum atomic E-state index is -0.301. The number of carbonyl (C=O) groups excluding carboxylic acids is 1. The van der Waals surface area contributed by atoms with Crippen LogP contribution in [-0.4, -0.2) is 40.2 Å². The molecule has 6 heteroatoms. The van der Waals surface area contributed by atoms with Crippen molar-refractivity contribution >= 4 is 6.09 Å². The summed E-state index contributed by atoms with van der Waals surface area (Å²) in [4.78, 5) is 21.8. The highest BCUT2D eigenvalue weighted by molar-refractivity contribution is 5.67. The Hall–Kier alpha value is -2.63. The summed E-state index contributed by atoms with van der Waals surface area (Å²) in [6, 6.07) is 11.4. The number of nitrogens with zero attached hydrogens (tertiary/aromatic N) is 3. The standard InChI is InChI=1S/C17H19N3O3/c21-17(22-12-14-5-2-1-3-6-14)20-10-4-7-15(11-20)23-16-8-9-18-13-19-16/h1-3,5-6,8-9,13,15H,4,7,10-12H2. The van der Waals surface area contributed by atoms with Crippen molar-refractivity contribution in [2.45, 2.75) is 25.6 Å². The molecule has 0 N–H and O–H groups in total. The number of carbonyl (C=O) groups is 1. The average molecular weight is 313 g/mol. The summed E-state index contributed by atoms with van der Waals surface area (Å²) in [5, 5.41) is 0. The maximum Gasteiger partial charge on any atom is 0.410 e. The lowest BCUT2D eigenvalue weighted by Crippen LogP contribution is -2.44. The molecular formula is C17H19N3O3. The normalized spacial score (nSPS) is 17.6. The molecule has 120 valence electrons. The first-order chi connectivity index (χ1) is 11.3. The van der Waals surface area contributed by atoms with E-state index >= 15 is 0 Å². The fourth-order valence-corrected chi connectivity index (χ4v) is 2.53. The third kappa shape index (κ3) is 4.42. The Labute approximate surface area is 135 Å². The number of amides is 1. The molecule has 2 aromatic rings. The van der Waals surface area contributed by atoms with Crippen molar-refractivity contribution in [3.8, 4) is 5.88 Å². The van der Waals surface area contributed by atoms with E-state index < -0.39 is 0 Å². The Kier molecular flexibility index (Phi) is 5.03. The van der Waals surface area contributed by atoms with Gasteiger partial charge in [0.1, 0.15) is 19.0 Å². The Bertz CT molecular complexity index is 621. The van der Waals surface area contributed by atoms with E-state index in [-0.39, 0.29) is 18.8 Å². The first kappa shape index (κ1) is 15.3. The van der Waals surface area contributed by atoms with E-state index in [4.69, 9.17) is 9.47 Å². The highest BCUT2D eigenvalue weighted by atomic mass is 16.6. The van der Waals surface area contributed by atoms with Crippen LogP contribution < -0.4 is 4.74 Å². The molecule has 1 aliphatic rings. The minimum Gasteiger partial charge on any atom is -0.472 e. The van der Waals surface area contributed by atoms with Crippen LogP contribution in [0, 0.1) is 0 Å². The summed E-state index contributed by atoms with van der Waals surface area (Å²) in [6.45, 7) is 1.49. The van der Waals surface area contributed by atoms with Gasteiger partial charge in [0.25, 0.3) is 0 Å². The van der Waals surface area contributed by atoms with E-state index in [1.54, 1.807) is 17.2 Å². The fourth-order valence-electron chi connectivity index (χ4n) is 2.53. The number of rotatable bonds is 4. The molecule has 0 saturated carbocycles. The summed E-state index contributed by atoms with van der Waals surface area (Å²) in [7, 11) is 0. The van der Waals surface area contributed by atoms with Gasteiger partial charge in [-0.1, -0.05) is 30.3 Å². The van der Waals surface area contributed by atoms with Crippen molar-refractivity contribution in [1.82, 2.24) is 14.9 Å². The molecule has 1 amide bonds. The Morgan fingerprint density at radius 2 is 2.13 bits per heavy atom. The zero-order valence-corrected chi connectivity index (χ0v) is 12.8. The van der Waals surface area contributed by atoms with E-state index in [0.29, 0.717) is 19.0 Å². The molecule has 3 rings (SSSR count). The van der Waals surface area contributed by atoms with Crippen molar-refractivity contribution < 1.29 is 14.3 Å². The zero-order chi connectivity index (χ0) is 15.9. The SMILES string of the molecule is O=C(OCc1ccccc1)N1CCCC(Oc2ccncn2)C1. The van der Waals surface area contributed by atoms with Gasteiger partial charge in [0.2, 0.25) is 5.88 Å². The first-order valence-electron chi connectivity index (χ1n) is 7.69. The summed E-state index contributed by atoms with van der Waals surface area (Å²) in [5.41, 5.74) is 0.978. The van der Waals surface area contributed by atoms with Crippen LogP contribution in [0.2, 0.25) is 0 Å². The van der Waals surface area contributed by atoms with Gasteiger partial charge in [-0.15, -0.1) is 0 Å². The highest BCUT2D eigenvalue weighted by Gasteiger charge is 2.26. The Morgan fingerprint density at radius 1 is 1.26 bits per heavy atom. The van der Waals surface area contributed by atoms with E-state index in [1.165, 1.54) is 6.33 Å². The summed E-state index contributed by atoms with van der Waals surface area (Å²) in [6.07, 6.45) is 4.50. The molecule has 1 aliphatic heterocycles. The van der Waals surface area contributed by atoms with Crippen molar-refractivity contribution in [3.63, 3.8) is 0 Å². The quantitative estimate of drug-likeness (QED) is 0.868. The van der Waals surface area contributed by atoms with Crippen LogP contribution in [0.15, 0.2) is 48.9 Å². The van der Waals surface area contributed by atoms with Gasteiger partial charge in [-0.25, -0.2) is 14.8 Å². The summed E-state index contributed by atoms with van der Waals surface area (Å²) >= 11 is 0. The molecule has 0 radical (unpaired) electrons. The largest absolute Gasteiger partial charge is 0.472 e. The van der Waals surface area contributed by atoms with Gasteiger partial charge < -0.3 is 14.4 Å².